The van der Waals surface area contributed by atoms with Gasteiger partial charge in [-0.15, -0.1) is 0 Å². The van der Waals surface area contributed by atoms with Gasteiger partial charge in [-0.25, -0.2) is 4.98 Å². The van der Waals surface area contributed by atoms with Crippen LogP contribution in [0.4, 0.5) is 0 Å². The first-order valence-electron chi connectivity index (χ1n) is 9.98. The molecule has 1 aliphatic heterocycles. The number of ether oxygens (including phenoxy) is 1. The topological polar surface area (TPSA) is 38.2 Å². The average Bonchev–Trinajstić information content (AvgIpc) is 3.21. The van der Waals surface area contributed by atoms with E-state index in [0.29, 0.717) is 5.88 Å². The van der Waals surface area contributed by atoms with Gasteiger partial charge in [-0.05, 0) is 40.5 Å². The lowest BCUT2D eigenvalue weighted by atomic mass is 9.98. The van der Waals surface area contributed by atoms with Crippen molar-refractivity contribution in [1.82, 2.24) is 14.9 Å². The van der Waals surface area contributed by atoms with Gasteiger partial charge in [0.15, 0.2) is 0 Å². The van der Waals surface area contributed by atoms with Crippen LogP contribution >= 0.6 is 0 Å². The van der Waals surface area contributed by atoms with Gasteiger partial charge in [0, 0.05) is 49.4 Å². The molecule has 3 heterocycles. The lowest BCUT2D eigenvalue weighted by Crippen LogP contribution is -2.19. The molecule has 2 aromatic carbocycles. The summed E-state index contributed by atoms with van der Waals surface area (Å²) in [6.07, 6.45) is 2.77. The summed E-state index contributed by atoms with van der Waals surface area (Å²) in [4.78, 5) is 11.6. The van der Waals surface area contributed by atoms with E-state index in [-0.39, 0.29) is 0 Å². The van der Waals surface area contributed by atoms with Gasteiger partial charge in [0.2, 0.25) is 5.88 Å². The first-order chi connectivity index (χ1) is 14.3. The standard InChI is InChI=1S/C25H23N3O/c1-29-25-15-19(11-13-26-25)22-7-4-6-20-16-28(17-23(20)22)14-12-21-10-9-18-5-2-3-8-24(18)27-21/h2-11,13,15H,12,14,16-17H2,1H3. The highest BCUT2D eigenvalue weighted by atomic mass is 16.5. The molecule has 1 aliphatic rings. The molecule has 5 rings (SSSR count). The minimum absolute atomic E-state index is 0.650. The van der Waals surface area contributed by atoms with Crippen LogP contribution in [0, 0.1) is 0 Å². The highest BCUT2D eigenvalue weighted by Crippen LogP contribution is 2.33. The Morgan fingerprint density at radius 1 is 0.966 bits per heavy atom. The maximum atomic E-state index is 5.31. The largest absolute Gasteiger partial charge is 0.481 e. The summed E-state index contributed by atoms with van der Waals surface area (Å²) < 4.78 is 5.31. The third-order valence-corrected chi connectivity index (χ3v) is 5.64. The number of fused-ring (bicyclic) bond motifs is 2. The fraction of sp³-hybridized carbons (Fsp3) is 0.200. The van der Waals surface area contributed by atoms with Gasteiger partial charge in [-0.3, -0.25) is 9.88 Å². The molecule has 0 atom stereocenters. The van der Waals surface area contributed by atoms with Crippen LogP contribution in [0.25, 0.3) is 22.0 Å². The van der Waals surface area contributed by atoms with Crippen molar-refractivity contribution in [3.05, 3.63) is 89.7 Å². The second-order valence-electron chi connectivity index (χ2n) is 7.49. The van der Waals surface area contributed by atoms with E-state index in [0.717, 1.165) is 42.8 Å². The van der Waals surface area contributed by atoms with E-state index < -0.39 is 0 Å². The van der Waals surface area contributed by atoms with E-state index in [1.807, 2.05) is 18.3 Å². The molecule has 2 aromatic heterocycles. The molecule has 0 fully saturated rings. The van der Waals surface area contributed by atoms with Gasteiger partial charge in [0.05, 0.1) is 12.6 Å². The van der Waals surface area contributed by atoms with Crippen LogP contribution in [-0.4, -0.2) is 28.5 Å². The first kappa shape index (κ1) is 17.8. The van der Waals surface area contributed by atoms with Crippen LogP contribution in [0.1, 0.15) is 16.8 Å². The number of nitrogens with zero attached hydrogens (tertiary/aromatic N) is 3. The molecule has 0 unspecified atom stereocenters. The number of methoxy groups -OCH3 is 1. The fourth-order valence-electron chi connectivity index (χ4n) is 4.13. The first-order valence-corrected chi connectivity index (χ1v) is 9.98. The van der Waals surface area contributed by atoms with Crippen LogP contribution in [0.3, 0.4) is 0 Å². The summed E-state index contributed by atoms with van der Waals surface area (Å²) in [7, 11) is 1.66. The third kappa shape index (κ3) is 3.59. The van der Waals surface area contributed by atoms with E-state index in [1.54, 1.807) is 7.11 Å². The van der Waals surface area contributed by atoms with Crippen molar-refractivity contribution in [3.8, 4) is 17.0 Å². The van der Waals surface area contributed by atoms with Crippen LogP contribution in [0.15, 0.2) is 72.9 Å². The fourth-order valence-corrected chi connectivity index (χ4v) is 4.13. The van der Waals surface area contributed by atoms with Crippen LogP contribution in [0.2, 0.25) is 0 Å². The quantitative estimate of drug-likeness (QED) is 0.495. The Hall–Kier alpha value is -3.24. The Bertz CT molecular complexity index is 1170. The van der Waals surface area contributed by atoms with Crippen molar-refractivity contribution in [1.29, 1.82) is 0 Å². The molecular weight excluding hydrogens is 358 g/mol. The maximum absolute atomic E-state index is 5.31. The van der Waals surface area contributed by atoms with Gasteiger partial charge >= 0.3 is 0 Å². The molecule has 0 amide bonds. The molecule has 0 radical (unpaired) electrons. The summed E-state index contributed by atoms with van der Waals surface area (Å²) in [6, 6.07) is 23.3. The minimum atomic E-state index is 0.650. The molecule has 4 heteroatoms. The summed E-state index contributed by atoms with van der Waals surface area (Å²) in [5.74, 6) is 0.650. The Balaban J connectivity index is 1.33. The van der Waals surface area contributed by atoms with Crippen LogP contribution in [-0.2, 0) is 19.5 Å². The second kappa shape index (κ2) is 7.64. The monoisotopic (exact) mass is 381 g/mol. The number of para-hydroxylation sites is 1. The summed E-state index contributed by atoms with van der Waals surface area (Å²) in [5, 5.41) is 1.20. The SMILES string of the molecule is COc1cc(-c2cccc3c2CN(CCc2ccc4ccccc4n2)C3)ccn1. The van der Waals surface area contributed by atoms with E-state index >= 15 is 0 Å². The Morgan fingerprint density at radius 3 is 2.83 bits per heavy atom. The zero-order chi connectivity index (χ0) is 19.6. The average molecular weight is 381 g/mol. The van der Waals surface area contributed by atoms with Gasteiger partial charge in [-0.1, -0.05) is 42.5 Å². The van der Waals surface area contributed by atoms with Crippen molar-refractivity contribution in [3.63, 3.8) is 0 Å². The normalized spacial score (nSPS) is 13.6. The number of hydrogen-bond acceptors (Lipinski definition) is 4. The van der Waals surface area contributed by atoms with Gasteiger partial charge < -0.3 is 4.74 Å². The predicted molar refractivity (Wildman–Crippen MR) is 116 cm³/mol. The van der Waals surface area contributed by atoms with Crippen LogP contribution < -0.4 is 4.74 Å². The van der Waals surface area contributed by atoms with E-state index in [9.17, 15) is 0 Å². The van der Waals surface area contributed by atoms with Crippen molar-refractivity contribution in [2.24, 2.45) is 0 Å². The zero-order valence-corrected chi connectivity index (χ0v) is 16.5. The summed E-state index contributed by atoms with van der Waals surface area (Å²) in [5.41, 5.74) is 7.47. The van der Waals surface area contributed by atoms with E-state index in [2.05, 4.69) is 64.5 Å². The van der Waals surface area contributed by atoms with E-state index in [1.165, 1.54) is 22.1 Å². The zero-order valence-electron chi connectivity index (χ0n) is 16.5. The molecule has 4 nitrogen and oxygen atoms in total. The molecule has 0 N–H and O–H groups in total. The molecule has 0 bridgehead atoms. The highest BCUT2D eigenvalue weighted by Gasteiger charge is 2.22. The predicted octanol–water partition coefficient (Wildman–Crippen LogP) is 4.86. The molecule has 0 saturated heterocycles. The van der Waals surface area contributed by atoms with E-state index in [4.69, 9.17) is 9.72 Å². The molecule has 0 saturated carbocycles. The van der Waals surface area contributed by atoms with Crippen molar-refractivity contribution in [2.75, 3.05) is 13.7 Å². The molecule has 29 heavy (non-hydrogen) atoms. The molecule has 0 aliphatic carbocycles. The number of hydrogen-bond donors (Lipinski definition) is 0. The van der Waals surface area contributed by atoms with Crippen molar-refractivity contribution >= 4 is 10.9 Å². The molecule has 144 valence electrons. The minimum Gasteiger partial charge on any atom is -0.481 e. The Labute approximate surface area is 170 Å². The maximum Gasteiger partial charge on any atom is 0.213 e. The number of pyridine rings is 2. The van der Waals surface area contributed by atoms with Gasteiger partial charge in [0.1, 0.15) is 0 Å². The second-order valence-corrected chi connectivity index (χ2v) is 7.49. The van der Waals surface area contributed by atoms with Gasteiger partial charge in [-0.2, -0.15) is 0 Å². The Kier molecular flexibility index (Phi) is 4.70. The smallest absolute Gasteiger partial charge is 0.213 e. The highest BCUT2D eigenvalue weighted by molar-refractivity contribution is 5.78. The third-order valence-electron chi connectivity index (χ3n) is 5.64. The van der Waals surface area contributed by atoms with Crippen LogP contribution in [0.5, 0.6) is 5.88 Å². The summed E-state index contributed by atoms with van der Waals surface area (Å²) in [6.45, 7) is 2.95. The molecule has 4 aromatic rings. The van der Waals surface area contributed by atoms with Gasteiger partial charge in [0.25, 0.3) is 0 Å². The number of aromatic nitrogens is 2. The number of rotatable bonds is 5. The number of benzene rings is 2. The van der Waals surface area contributed by atoms with Crippen molar-refractivity contribution in [2.45, 2.75) is 19.5 Å². The lowest BCUT2D eigenvalue weighted by Gasteiger charge is -2.15. The lowest BCUT2D eigenvalue weighted by molar-refractivity contribution is 0.287. The summed E-state index contributed by atoms with van der Waals surface area (Å²) >= 11 is 0. The van der Waals surface area contributed by atoms with Crippen molar-refractivity contribution < 1.29 is 4.74 Å². The molecule has 0 spiro atoms. The molecular formula is C25H23N3O. The Morgan fingerprint density at radius 2 is 1.90 bits per heavy atom.